The zero-order valence-corrected chi connectivity index (χ0v) is 18.7. The number of hydrogen-bond acceptors (Lipinski definition) is 4. The number of para-hydroxylation sites is 1. The summed E-state index contributed by atoms with van der Waals surface area (Å²) in [6.07, 6.45) is 1.47. The summed E-state index contributed by atoms with van der Waals surface area (Å²) in [4.78, 5) is 0. The summed E-state index contributed by atoms with van der Waals surface area (Å²) in [6.45, 7) is 14.3. The van der Waals surface area contributed by atoms with Gasteiger partial charge < -0.3 is 19.0 Å². The Bertz CT molecular complexity index is 623. The van der Waals surface area contributed by atoms with Crippen LogP contribution in [0.3, 0.4) is 0 Å². The molecule has 1 N–H and O–H groups in total. The molecule has 3 atom stereocenters. The number of benzene rings is 1. The third-order valence-corrected chi connectivity index (χ3v) is 12.6. The molecule has 3 rings (SSSR count). The molecule has 1 spiro atoms. The highest BCUT2D eigenvalue weighted by atomic mass is 28.4. The Kier molecular flexibility index (Phi) is 6.07. The predicted octanol–water partition coefficient (Wildman–Crippen LogP) is 5.57. The molecule has 1 fully saturated rings. The second kappa shape index (κ2) is 7.86. The van der Waals surface area contributed by atoms with Crippen LogP contribution in [-0.4, -0.2) is 31.9 Å². The van der Waals surface area contributed by atoms with E-state index in [2.05, 4.69) is 47.6 Å². The topological polar surface area (TPSA) is 47.9 Å². The third kappa shape index (κ3) is 3.37. The molecule has 0 saturated carbocycles. The van der Waals surface area contributed by atoms with Gasteiger partial charge in [-0.1, -0.05) is 59.7 Å². The van der Waals surface area contributed by atoms with Crippen molar-refractivity contribution in [3.05, 3.63) is 29.8 Å². The van der Waals surface area contributed by atoms with Crippen LogP contribution in [0.25, 0.3) is 0 Å². The van der Waals surface area contributed by atoms with Gasteiger partial charge in [0.1, 0.15) is 18.0 Å². The van der Waals surface area contributed by atoms with Gasteiger partial charge >= 0.3 is 0 Å². The van der Waals surface area contributed by atoms with Crippen molar-refractivity contribution >= 4 is 8.32 Å². The molecule has 0 unspecified atom stereocenters. The fourth-order valence-electron chi connectivity index (χ4n) is 5.31. The average molecular weight is 393 g/mol. The maximum atomic E-state index is 11.1. The molecule has 2 aliphatic rings. The molecular formula is C22H36O4Si. The lowest BCUT2D eigenvalue weighted by molar-refractivity contribution is -0.264. The SMILES string of the molecule is CC(C)[Si](O[C@@H]1c2ccccc2O[C@@]12OCCCC[C@H]2O)(C(C)C)C(C)C. The summed E-state index contributed by atoms with van der Waals surface area (Å²) in [7, 11) is -2.19. The minimum atomic E-state index is -2.19. The predicted molar refractivity (Wildman–Crippen MR) is 110 cm³/mol. The Labute approximate surface area is 165 Å². The largest absolute Gasteiger partial charge is 0.456 e. The van der Waals surface area contributed by atoms with Crippen molar-refractivity contribution in [2.45, 2.75) is 95.4 Å². The van der Waals surface area contributed by atoms with Crippen molar-refractivity contribution in [2.24, 2.45) is 0 Å². The van der Waals surface area contributed by atoms with Gasteiger partial charge in [0, 0.05) is 5.56 Å². The fraction of sp³-hybridized carbons (Fsp3) is 0.727. The molecule has 2 aliphatic heterocycles. The van der Waals surface area contributed by atoms with E-state index in [0.717, 1.165) is 24.2 Å². The molecule has 0 amide bonds. The number of fused-ring (bicyclic) bond motifs is 1. The van der Waals surface area contributed by atoms with Gasteiger partial charge in [-0.25, -0.2) is 0 Å². The van der Waals surface area contributed by atoms with E-state index in [1.165, 1.54) is 0 Å². The van der Waals surface area contributed by atoms with Crippen molar-refractivity contribution < 1.29 is 19.0 Å². The van der Waals surface area contributed by atoms with E-state index in [-0.39, 0.29) is 6.10 Å². The first-order valence-corrected chi connectivity index (χ1v) is 12.7. The van der Waals surface area contributed by atoms with E-state index in [1.54, 1.807) is 0 Å². The van der Waals surface area contributed by atoms with Crippen molar-refractivity contribution in [1.29, 1.82) is 0 Å². The molecule has 5 heteroatoms. The summed E-state index contributed by atoms with van der Waals surface area (Å²) in [5, 5.41) is 11.1. The van der Waals surface area contributed by atoms with Gasteiger partial charge in [0.05, 0.1) is 6.61 Å². The zero-order chi connectivity index (χ0) is 19.8. The van der Waals surface area contributed by atoms with Crippen LogP contribution in [0, 0.1) is 0 Å². The zero-order valence-electron chi connectivity index (χ0n) is 17.7. The van der Waals surface area contributed by atoms with E-state index < -0.39 is 20.2 Å². The number of ether oxygens (including phenoxy) is 2. The second-order valence-corrected chi connectivity index (χ2v) is 14.4. The Balaban J connectivity index is 2.10. The summed E-state index contributed by atoms with van der Waals surface area (Å²) < 4.78 is 19.8. The van der Waals surface area contributed by atoms with Crippen LogP contribution >= 0.6 is 0 Å². The third-order valence-electron chi connectivity index (χ3n) is 6.53. The summed E-state index contributed by atoms with van der Waals surface area (Å²) in [5.74, 6) is -0.348. The Hall–Kier alpha value is -0.883. The maximum absolute atomic E-state index is 11.1. The summed E-state index contributed by atoms with van der Waals surface area (Å²) in [6, 6.07) is 8.01. The standard InChI is InChI=1S/C22H36O4Si/c1-15(2)27(16(3)4,17(5)6)26-21-18-11-7-8-12-19(18)25-22(21)20(23)13-9-10-14-24-22/h7-8,11-12,15-17,20-21,23H,9-10,13-14H2,1-6H3/t20-,21-,22-/m1/s1. The monoisotopic (exact) mass is 392 g/mol. The summed E-state index contributed by atoms with van der Waals surface area (Å²) in [5.41, 5.74) is 2.36. The van der Waals surface area contributed by atoms with Crippen molar-refractivity contribution in [3.63, 3.8) is 0 Å². The lowest BCUT2D eigenvalue weighted by atomic mass is 9.97. The molecule has 4 nitrogen and oxygen atoms in total. The van der Waals surface area contributed by atoms with Gasteiger partial charge in [0.2, 0.25) is 8.32 Å². The number of rotatable bonds is 5. The average Bonchev–Trinajstić information content (AvgIpc) is 2.80. The van der Waals surface area contributed by atoms with Crippen molar-refractivity contribution in [1.82, 2.24) is 0 Å². The number of aliphatic hydroxyl groups excluding tert-OH is 1. The molecule has 2 heterocycles. The van der Waals surface area contributed by atoms with Crippen LogP contribution in [0.4, 0.5) is 0 Å². The van der Waals surface area contributed by atoms with Gasteiger partial charge in [-0.2, -0.15) is 0 Å². The smallest absolute Gasteiger partial charge is 0.266 e. The molecule has 1 aromatic carbocycles. The second-order valence-electron chi connectivity index (χ2n) is 9.04. The lowest BCUT2D eigenvalue weighted by Gasteiger charge is -2.47. The minimum absolute atomic E-state index is 0.388. The summed E-state index contributed by atoms with van der Waals surface area (Å²) >= 11 is 0. The molecule has 1 aromatic rings. The highest BCUT2D eigenvalue weighted by Gasteiger charge is 2.60. The first kappa shape index (κ1) is 20.8. The van der Waals surface area contributed by atoms with Crippen molar-refractivity contribution in [3.8, 4) is 5.75 Å². The Morgan fingerprint density at radius 2 is 1.67 bits per heavy atom. The van der Waals surface area contributed by atoms with E-state index in [4.69, 9.17) is 13.9 Å². The molecular weight excluding hydrogens is 356 g/mol. The number of hydrogen-bond donors (Lipinski definition) is 1. The van der Waals surface area contributed by atoms with E-state index in [0.29, 0.717) is 29.7 Å². The Morgan fingerprint density at radius 3 is 2.30 bits per heavy atom. The van der Waals surface area contributed by atoms with Gasteiger partial charge in [0.15, 0.2) is 0 Å². The minimum Gasteiger partial charge on any atom is -0.456 e. The Morgan fingerprint density at radius 1 is 1.04 bits per heavy atom. The van der Waals surface area contributed by atoms with Gasteiger partial charge in [0.25, 0.3) is 5.79 Å². The highest BCUT2D eigenvalue weighted by molar-refractivity contribution is 6.77. The van der Waals surface area contributed by atoms with Crippen LogP contribution in [0.5, 0.6) is 5.75 Å². The molecule has 1 saturated heterocycles. The molecule has 0 aromatic heterocycles. The first-order chi connectivity index (χ1) is 12.8. The lowest BCUT2D eigenvalue weighted by Crippen LogP contribution is -2.57. The normalized spacial score (nSPS) is 28.7. The van der Waals surface area contributed by atoms with E-state index >= 15 is 0 Å². The van der Waals surface area contributed by atoms with Crippen LogP contribution in [0.1, 0.15) is 72.5 Å². The fourth-order valence-corrected chi connectivity index (χ4v) is 10.8. The molecule has 0 radical (unpaired) electrons. The van der Waals surface area contributed by atoms with Gasteiger partial charge in [-0.15, -0.1) is 0 Å². The van der Waals surface area contributed by atoms with E-state index in [1.807, 2.05) is 18.2 Å². The van der Waals surface area contributed by atoms with Gasteiger partial charge in [-0.3, -0.25) is 0 Å². The molecule has 0 bridgehead atoms. The van der Waals surface area contributed by atoms with Crippen molar-refractivity contribution in [2.75, 3.05) is 6.61 Å². The number of aliphatic hydroxyl groups is 1. The molecule has 152 valence electrons. The van der Waals surface area contributed by atoms with Crippen LogP contribution < -0.4 is 4.74 Å². The van der Waals surface area contributed by atoms with Gasteiger partial charge in [-0.05, 0) is 42.0 Å². The van der Waals surface area contributed by atoms with Crippen LogP contribution in [0.2, 0.25) is 16.6 Å². The highest BCUT2D eigenvalue weighted by Crippen LogP contribution is 2.54. The molecule has 0 aliphatic carbocycles. The van der Waals surface area contributed by atoms with E-state index in [9.17, 15) is 5.11 Å². The van der Waals surface area contributed by atoms with Crippen LogP contribution in [0.15, 0.2) is 24.3 Å². The maximum Gasteiger partial charge on any atom is 0.266 e. The quantitative estimate of drug-likeness (QED) is 0.666. The van der Waals surface area contributed by atoms with Crippen LogP contribution in [-0.2, 0) is 9.16 Å². The first-order valence-electron chi connectivity index (χ1n) is 10.5. The molecule has 27 heavy (non-hydrogen) atoms.